The van der Waals surface area contributed by atoms with Crippen LogP contribution < -0.4 is 24.4 Å². The van der Waals surface area contributed by atoms with Crippen molar-refractivity contribution in [2.75, 3.05) is 65.5 Å². The molecule has 0 spiro atoms. The standard InChI is InChI=1S/C36H44N8O7/c1-23-16-29(41-51-23)36(47)44-15-14-42(32(46)8-7-26-20-37-10-11-38-26)13-9-31(45)39-19-24-6-5-12-43(21-24)35-25(22-44)17-27-28(40-35)18-30(48-2)34(50-4)33(27)49-3/h10-11,16-18,20,24H,5-9,12-15,19,21-22H2,1-4H3,(H,39,45). The molecule has 1 saturated heterocycles. The first-order valence-electron chi connectivity index (χ1n) is 17.2. The fraction of sp³-hybridized carbons (Fsp3) is 0.472. The van der Waals surface area contributed by atoms with E-state index in [1.54, 1.807) is 62.7 Å². The van der Waals surface area contributed by atoms with Gasteiger partial charge >= 0.3 is 0 Å². The van der Waals surface area contributed by atoms with Gasteiger partial charge in [0.15, 0.2) is 17.2 Å². The molecule has 0 radical (unpaired) electrons. The zero-order chi connectivity index (χ0) is 35.9. The molecule has 3 amide bonds. The quantitative estimate of drug-likeness (QED) is 0.300. The lowest BCUT2D eigenvalue weighted by Crippen LogP contribution is -2.42. The predicted octanol–water partition coefficient (Wildman–Crippen LogP) is 3.19. The van der Waals surface area contributed by atoms with Gasteiger partial charge in [-0.3, -0.25) is 24.4 Å². The van der Waals surface area contributed by atoms with E-state index in [-0.39, 0.29) is 68.4 Å². The molecule has 4 aromatic rings. The molecule has 15 heteroatoms. The van der Waals surface area contributed by atoms with Gasteiger partial charge in [0.05, 0.1) is 32.5 Å². The third kappa shape index (κ3) is 8.13. The number of carbonyl (C=O) groups is 3. The van der Waals surface area contributed by atoms with Crippen molar-refractivity contribution in [3.05, 3.63) is 59.5 Å². The van der Waals surface area contributed by atoms with E-state index in [4.69, 9.17) is 23.7 Å². The van der Waals surface area contributed by atoms with Crippen LogP contribution in [0, 0.1) is 12.8 Å². The molecule has 2 aliphatic heterocycles. The highest BCUT2D eigenvalue weighted by molar-refractivity contribution is 5.94. The average Bonchev–Trinajstić information content (AvgIpc) is 3.60. The van der Waals surface area contributed by atoms with Gasteiger partial charge in [0.1, 0.15) is 11.6 Å². The van der Waals surface area contributed by atoms with Crippen molar-refractivity contribution in [3.8, 4) is 17.2 Å². The van der Waals surface area contributed by atoms with Gasteiger partial charge in [-0.2, -0.15) is 0 Å². The second-order valence-corrected chi connectivity index (χ2v) is 12.8. The summed E-state index contributed by atoms with van der Waals surface area (Å²) in [6.45, 7) is 4.36. The number of rotatable bonds is 7. The number of piperidine rings is 1. The lowest BCUT2D eigenvalue weighted by atomic mass is 9.97. The van der Waals surface area contributed by atoms with Crippen molar-refractivity contribution in [2.24, 2.45) is 5.92 Å². The molecule has 1 N–H and O–H groups in total. The van der Waals surface area contributed by atoms with Crippen LogP contribution in [-0.4, -0.2) is 108 Å². The van der Waals surface area contributed by atoms with Gasteiger partial charge in [0, 0.05) is 100 Å². The summed E-state index contributed by atoms with van der Waals surface area (Å²) >= 11 is 0. The SMILES string of the molecule is COc1cc2nc3c(cc2c(OC)c1OC)CN(C(=O)c1cc(C)on1)CCN(C(=O)CCc1cnccn1)CCC(=O)NCC1CCCN3C1. The van der Waals surface area contributed by atoms with E-state index < -0.39 is 0 Å². The number of pyridine rings is 1. The van der Waals surface area contributed by atoms with Gasteiger partial charge in [-0.1, -0.05) is 5.16 Å². The molecule has 0 aliphatic carbocycles. The Morgan fingerprint density at radius 3 is 2.55 bits per heavy atom. The van der Waals surface area contributed by atoms with Crippen LogP contribution in [-0.2, 0) is 22.6 Å². The maximum Gasteiger partial charge on any atom is 0.276 e. The number of benzene rings is 1. The number of anilines is 1. The molecule has 2 bridgehead atoms. The number of hydrogen-bond donors (Lipinski definition) is 1. The number of hydrogen-bond acceptors (Lipinski definition) is 12. The van der Waals surface area contributed by atoms with E-state index >= 15 is 0 Å². The molecule has 15 nitrogen and oxygen atoms in total. The molecule has 1 unspecified atom stereocenters. The molecule has 2 aliphatic rings. The third-order valence-corrected chi connectivity index (χ3v) is 9.39. The smallest absolute Gasteiger partial charge is 0.276 e. The Morgan fingerprint density at radius 2 is 1.82 bits per heavy atom. The van der Waals surface area contributed by atoms with E-state index in [1.165, 1.54) is 0 Å². The van der Waals surface area contributed by atoms with Crippen LogP contribution in [0.15, 0.2) is 41.3 Å². The summed E-state index contributed by atoms with van der Waals surface area (Å²) in [7, 11) is 4.68. The third-order valence-electron chi connectivity index (χ3n) is 9.39. The Morgan fingerprint density at radius 1 is 1.00 bits per heavy atom. The van der Waals surface area contributed by atoms with E-state index in [1.807, 2.05) is 12.1 Å². The number of carbonyl (C=O) groups excluding carboxylic acids is 3. The summed E-state index contributed by atoms with van der Waals surface area (Å²) in [5.74, 6) is 2.13. The average molecular weight is 701 g/mol. The summed E-state index contributed by atoms with van der Waals surface area (Å²) in [5.41, 5.74) is 2.27. The van der Waals surface area contributed by atoms with Crippen molar-refractivity contribution >= 4 is 34.4 Å². The van der Waals surface area contributed by atoms with Crippen LogP contribution in [0.4, 0.5) is 5.82 Å². The molecule has 6 rings (SSSR count). The lowest BCUT2D eigenvalue weighted by Gasteiger charge is -2.35. The Balaban J connectivity index is 1.42. The molecule has 1 aromatic carbocycles. The Hall–Kier alpha value is -5.47. The monoisotopic (exact) mass is 700 g/mol. The van der Waals surface area contributed by atoms with Gasteiger partial charge in [0.25, 0.3) is 5.91 Å². The van der Waals surface area contributed by atoms with Crippen molar-refractivity contribution in [2.45, 2.75) is 45.6 Å². The minimum absolute atomic E-state index is 0.127. The maximum atomic E-state index is 14.2. The second-order valence-electron chi connectivity index (χ2n) is 12.8. The van der Waals surface area contributed by atoms with E-state index in [9.17, 15) is 14.4 Å². The van der Waals surface area contributed by atoms with Crippen LogP contribution in [0.1, 0.15) is 53.2 Å². The minimum Gasteiger partial charge on any atom is -0.493 e. The predicted molar refractivity (Wildman–Crippen MR) is 187 cm³/mol. The van der Waals surface area contributed by atoms with Crippen LogP contribution in [0.2, 0.25) is 0 Å². The van der Waals surface area contributed by atoms with Gasteiger partial charge < -0.3 is 38.8 Å². The number of fused-ring (bicyclic) bond motifs is 5. The topological polar surface area (TPSA) is 165 Å². The van der Waals surface area contributed by atoms with Gasteiger partial charge in [-0.25, -0.2) is 4.98 Å². The van der Waals surface area contributed by atoms with Crippen LogP contribution in [0.25, 0.3) is 10.9 Å². The van der Waals surface area contributed by atoms with Gasteiger partial charge in [-0.05, 0) is 38.2 Å². The number of amides is 3. The fourth-order valence-corrected chi connectivity index (χ4v) is 6.76. The Kier molecular flexibility index (Phi) is 11.1. The van der Waals surface area contributed by atoms with Gasteiger partial charge in [0.2, 0.25) is 17.6 Å². The number of methoxy groups -OCH3 is 3. The maximum absolute atomic E-state index is 14.2. The van der Waals surface area contributed by atoms with Crippen LogP contribution in [0.3, 0.4) is 0 Å². The molecule has 0 saturated carbocycles. The number of aryl methyl sites for hydroxylation is 2. The summed E-state index contributed by atoms with van der Waals surface area (Å²) < 4.78 is 22.4. The van der Waals surface area contributed by atoms with Crippen molar-refractivity contribution in [3.63, 3.8) is 0 Å². The van der Waals surface area contributed by atoms with E-state index in [0.29, 0.717) is 64.9 Å². The molecule has 5 heterocycles. The highest BCUT2D eigenvalue weighted by Crippen LogP contribution is 2.44. The number of nitrogens with zero attached hydrogens (tertiary/aromatic N) is 7. The molecule has 3 aromatic heterocycles. The minimum atomic E-state index is -0.359. The fourth-order valence-electron chi connectivity index (χ4n) is 6.76. The summed E-state index contributed by atoms with van der Waals surface area (Å²) in [6, 6.07) is 5.40. The zero-order valence-electron chi connectivity index (χ0n) is 29.5. The first-order chi connectivity index (χ1) is 24.8. The molecule has 1 atom stereocenters. The van der Waals surface area contributed by atoms with Crippen LogP contribution >= 0.6 is 0 Å². The first kappa shape index (κ1) is 35.4. The zero-order valence-corrected chi connectivity index (χ0v) is 29.5. The molecule has 1 fully saturated rings. The van der Waals surface area contributed by atoms with Crippen molar-refractivity contribution < 1.29 is 33.1 Å². The molecule has 51 heavy (non-hydrogen) atoms. The summed E-state index contributed by atoms with van der Waals surface area (Å²) in [4.78, 5) is 60.0. The largest absolute Gasteiger partial charge is 0.493 e. The summed E-state index contributed by atoms with van der Waals surface area (Å²) in [5, 5.41) is 7.82. The number of nitrogens with one attached hydrogen (secondary N) is 1. The van der Waals surface area contributed by atoms with Crippen molar-refractivity contribution in [1.82, 2.24) is 35.2 Å². The number of ether oxygens (including phenoxy) is 3. The highest BCUT2D eigenvalue weighted by atomic mass is 16.5. The molecule has 270 valence electrons. The Labute approximate surface area is 296 Å². The normalized spacial score (nSPS) is 17.2. The lowest BCUT2D eigenvalue weighted by molar-refractivity contribution is -0.132. The highest BCUT2D eigenvalue weighted by Gasteiger charge is 2.29. The second kappa shape index (κ2) is 16.0. The van der Waals surface area contributed by atoms with Crippen LogP contribution in [0.5, 0.6) is 17.2 Å². The van der Waals surface area contributed by atoms with E-state index in [0.717, 1.165) is 24.9 Å². The van der Waals surface area contributed by atoms with Crippen molar-refractivity contribution in [1.29, 1.82) is 0 Å². The Bertz CT molecular complexity index is 1870. The van der Waals surface area contributed by atoms with Gasteiger partial charge in [-0.15, -0.1) is 0 Å². The molecular formula is C36H44N8O7. The number of aromatic nitrogens is 4. The first-order valence-corrected chi connectivity index (χ1v) is 17.2. The van der Waals surface area contributed by atoms with E-state index in [2.05, 4.69) is 25.3 Å². The summed E-state index contributed by atoms with van der Waals surface area (Å²) in [6.07, 6.45) is 7.38. The molecular weight excluding hydrogens is 656 g/mol.